The van der Waals surface area contributed by atoms with E-state index < -0.39 is 0 Å². The van der Waals surface area contributed by atoms with Crippen molar-refractivity contribution in [2.45, 2.75) is 40.2 Å². The van der Waals surface area contributed by atoms with Crippen molar-refractivity contribution >= 4 is 28.7 Å². The molecule has 4 aromatic carbocycles. The van der Waals surface area contributed by atoms with Gasteiger partial charge in [-0.1, -0.05) is 67.9 Å². The molecule has 0 saturated carbocycles. The smallest absolute Gasteiger partial charge is 0.282 e. The van der Waals surface area contributed by atoms with Crippen LogP contribution >= 0.6 is 11.6 Å². The summed E-state index contributed by atoms with van der Waals surface area (Å²) in [6.07, 6.45) is 1.57. The summed E-state index contributed by atoms with van der Waals surface area (Å²) in [5.41, 5.74) is 4.70. The van der Waals surface area contributed by atoms with E-state index in [-0.39, 0.29) is 11.5 Å². The molecule has 8 heteroatoms. The number of para-hydroxylation sites is 1. The van der Waals surface area contributed by atoms with Gasteiger partial charge in [0, 0.05) is 5.56 Å². The average molecular weight is 596 g/mol. The van der Waals surface area contributed by atoms with Gasteiger partial charge in [-0.05, 0) is 78.4 Å². The van der Waals surface area contributed by atoms with Crippen LogP contribution < -0.4 is 19.8 Å². The third-order valence-corrected chi connectivity index (χ3v) is 7.35. The Labute approximate surface area is 256 Å². The Hall–Kier alpha value is -4.62. The van der Waals surface area contributed by atoms with E-state index in [2.05, 4.69) is 18.9 Å². The number of rotatable bonds is 10. The van der Waals surface area contributed by atoms with Gasteiger partial charge >= 0.3 is 0 Å². The van der Waals surface area contributed by atoms with Gasteiger partial charge in [0.05, 0.1) is 35.9 Å². The minimum atomic E-state index is -0.280. The third kappa shape index (κ3) is 6.42. The van der Waals surface area contributed by atoms with Gasteiger partial charge in [0.15, 0.2) is 17.3 Å². The van der Waals surface area contributed by atoms with Crippen molar-refractivity contribution in [2.75, 3.05) is 13.7 Å². The maximum atomic E-state index is 13.8. The van der Waals surface area contributed by atoms with Crippen molar-refractivity contribution in [1.82, 2.24) is 9.66 Å². The zero-order chi connectivity index (χ0) is 30.5. The second kappa shape index (κ2) is 13.1. The summed E-state index contributed by atoms with van der Waals surface area (Å²) in [5, 5.41) is 5.48. The van der Waals surface area contributed by atoms with Gasteiger partial charge in [-0.25, -0.2) is 4.98 Å². The summed E-state index contributed by atoms with van der Waals surface area (Å²) >= 11 is 6.65. The molecule has 5 aromatic rings. The van der Waals surface area contributed by atoms with Gasteiger partial charge < -0.3 is 14.2 Å². The standard InChI is InChI=1S/C35H34ClN3O4/c1-6-42-31-16-23(4)28(19-27(31)22(2)3)34-38-30-15-11-10-14-26(30)35(40)39(34)37-20-25-17-29(36)33(32(18-25)41-5)43-21-24-12-8-7-9-13-24/h7-20,22H,6,21H2,1-5H3. The van der Waals surface area contributed by atoms with Gasteiger partial charge in [-0.2, -0.15) is 9.78 Å². The predicted molar refractivity (Wildman–Crippen MR) is 173 cm³/mol. The van der Waals surface area contributed by atoms with E-state index in [0.29, 0.717) is 52.0 Å². The van der Waals surface area contributed by atoms with Crippen LogP contribution in [0.2, 0.25) is 5.02 Å². The van der Waals surface area contributed by atoms with Crippen LogP contribution in [0.5, 0.6) is 17.2 Å². The number of hydrogen-bond acceptors (Lipinski definition) is 6. The minimum absolute atomic E-state index is 0.197. The van der Waals surface area contributed by atoms with Crippen molar-refractivity contribution in [3.8, 4) is 28.6 Å². The first kappa shape index (κ1) is 29.9. The molecule has 0 atom stereocenters. The molecule has 43 heavy (non-hydrogen) atoms. The fourth-order valence-electron chi connectivity index (χ4n) is 4.88. The molecule has 0 radical (unpaired) electrons. The van der Waals surface area contributed by atoms with Crippen LogP contribution in [-0.2, 0) is 6.61 Å². The largest absolute Gasteiger partial charge is 0.494 e. The molecule has 5 rings (SSSR count). The highest BCUT2D eigenvalue weighted by Gasteiger charge is 2.19. The number of hydrogen-bond donors (Lipinski definition) is 0. The van der Waals surface area contributed by atoms with Crippen LogP contribution in [-0.4, -0.2) is 29.6 Å². The van der Waals surface area contributed by atoms with Gasteiger partial charge in [-0.15, -0.1) is 0 Å². The Morgan fingerprint density at radius 3 is 2.44 bits per heavy atom. The Morgan fingerprint density at radius 1 is 0.977 bits per heavy atom. The highest BCUT2D eigenvalue weighted by molar-refractivity contribution is 6.32. The van der Waals surface area contributed by atoms with Crippen molar-refractivity contribution in [1.29, 1.82) is 0 Å². The summed E-state index contributed by atoms with van der Waals surface area (Å²) in [6, 6.07) is 24.6. The van der Waals surface area contributed by atoms with Crippen molar-refractivity contribution < 1.29 is 14.2 Å². The monoisotopic (exact) mass is 595 g/mol. The van der Waals surface area contributed by atoms with Crippen LogP contribution in [0.1, 0.15) is 48.9 Å². The highest BCUT2D eigenvalue weighted by atomic mass is 35.5. The molecule has 0 amide bonds. The molecule has 0 aliphatic rings. The molecule has 1 aromatic heterocycles. The second-order valence-corrected chi connectivity index (χ2v) is 10.8. The van der Waals surface area contributed by atoms with Gasteiger partial charge in [-0.3, -0.25) is 4.79 Å². The molecular formula is C35H34ClN3O4. The summed E-state index contributed by atoms with van der Waals surface area (Å²) in [4.78, 5) is 18.7. The average Bonchev–Trinajstić information content (AvgIpc) is 3.00. The van der Waals surface area contributed by atoms with Crippen molar-refractivity contribution in [3.05, 3.63) is 116 Å². The Balaban J connectivity index is 1.60. The molecule has 0 bridgehead atoms. The molecule has 0 spiro atoms. The summed E-state index contributed by atoms with van der Waals surface area (Å²) in [5.74, 6) is 2.35. The van der Waals surface area contributed by atoms with E-state index in [0.717, 1.165) is 28.0 Å². The van der Waals surface area contributed by atoms with E-state index >= 15 is 0 Å². The summed E-state index contributed by atoms with van der Waals surface area (Å²) in [7, 11) is 1.55. The number of aryl methyl sites for hydroxylation is 1. The Morgan fingerprint density at radius 2 is 1.72 bits per heavy atom. The maximum Gasteiger partial charge on any atom is 0.282 e. The summed E-state index contributed by atoms with van der Waals surface area (Å²) in [6.45, 7) is 9.07. The first-order valence-corrected chi connectivity index (χ1v) is 14.6. The molecule has 0 aliphatic carbocycles. The van der Waals surface area contributed by atoms with Crippen molar-refractivity contribution in [2.24, 2.45) is 5.10 Å². The number of nitrogens with zero attached hydrogens (tertiary/aromatic N) is 3. The second-order valence-electron chi connectivity index (χ2n) is 10.4. The topological polar surface area (TPSA) is 74.9 Å². The molecule has 0 fully saturated rings. The van der Waals surface area contributed by atoms with Crippen LogP contribution in [0.4, 0.5) is 0 Å². The fourth-order valence-corrected chi connectivity index (χ4v) is 5.16. The Kier molecular flexibility index (Phi) is 9.12. The number of methoxy groups -OCH3 is 1. The van der Waals surface area contributed by atoms with E-state index in [1.54, 1.807) is 31.5 Å². The first-order valence-electron chi connectivity index (χ1n) is 14.2. The van der Waals surface area contributed by atoms with E-state index in [1.165, 1.54) is 4.68 Å². The lowest BCUT2D eigenvalue weighted by Crippen LogP contribution is -2.21. The third-order valence-electron chi connectivity index (χ3n) is 7.07. The SMILES string of the molecule is CCOc1cc(C)c(-c2nc3ccccc3c(=O)n2N=Cc2cc(Cl)c(OCc3ccccc3)c(OC)c2)cc1C(C)C. The van der Waals surface area contributed by atoms with Crippen molar-refractivity contribution in [3.63, 3.8) is 0 Å². The van der Waals surface area contributed by atoms with Crippen LogP contribution in [0.15, 0.2) is 88.8 Å². The lowest BCUT2D eigenvalue weighted by molar-refractivity contribution is 0.284. The summed E-state index contributed by atoms with van der Waals surface area (Å²) < 4.78 is 18.9. The Bertz CT molecular complexity index is 1850. The molecule has 220 valence electrons. The molecule has 0 aliphatic heterocycles. The van der Waals surface area contributed by atoms with Crippen LogP contribution in [0.3, 0.4) is 0 Å². The lowest BCUT2D eigenvalue weighted by atomic mass is 9.96. The normalized spacial score (nSPS) is 11.4. The number of aromatic nitrogens is 2. The van der Waals surface area contributed by atoms with Crippen LogP contribution in [0.25, 0.3) is 22.3 Å². The van der Waals surface area contributed by atoms with Crippen LogP contribution in [0, 0.1) is 6.92 Å². The zero-order valence-electron chi connectivity index (χ0n) is 24.9. The first-order chi connectivity index (χ1) is 20.8. The fraction of sp³-hybridized carbons (Fsp3) is 0.229. The van der Waals surface area contributed by atoms with Gasteiger partial charge in [0.1, 0.15) is 12.4 Å². The molecule has 0 saturated heterocycles. The number of benzene rings is 4. The predicted octanol–water partition coefficient (Wildman–Crippen LogP) is 8.02. The quantitative estimate of drug-likeness (QED) is 0.153. The minimum Gasteiger partial charge on any atom is -0.494 e. The van der Waals surface area contributed by atoms with E-state index in [4.69, 9.17) is 30.8 Å². The molecule has 0 N–H and O–H groups in total. The molecule has 1 heterocycles. The van der Waals surface area contributed by atoms with E-state index in [1.807, 2.05) is 74.5 Å². The lowest BCUT2D eigenvalue weighted by Gasteiger charge is -2.18. The molecular weight excluding hydrogens is 562 g/mol. The number of ether oxygens (including phenoxy) is 3. The highest BCUT2D eigenvalue weighted by Crippen LogP contribution is 2.37. The molecule has 0 unspecified atom stereocenters. The molecule has 7 nitrogen and oxygen atoms in total. The number of halogens is 1. The number of fused-ring (bicyclic) bond motifs is 1. The van der Waals surface area contributed by atoms with Gasteiger partial charge in [0.25, 0.3) is 5.56 Å². The van der Waals surface area contributed by atoms with E-state index in [9.17, 15) is 4.79 Å². The zero-order valence-corrected chi connectivity index (χ0v) is 25.7. The van der Waals surface area contributed by atoms with Gasteiger partial charge in [0.2, 0.25) is 0 Å². The maximum absolute atomic E-state index is 13.8.